The third-order valence-electron chi connectivity index (χ3n) is 28.5. The van der Waals surface area contributed by atoms with Gasteiger partial charge in [-0.2, -0.15) is 0 Å². The zero-order chi connectivity index (χ0) is 97.8. The number of halogens is 1. The van der Waals surface area contributed by atoms with E-state index in [9.17, 15) is 23.6 Å². The maximum atomic E-state index is 13.8. The third-order valence-corrected chi connectivity index (χ3v) is 28.5. The maximum Gasteiger partial charge on any atom is 0.256 e. The Morgan fingerprint density at radius 1 is 0.304 bits per heavy atom. The molecule has 0 saturated carbocycles. The first-order chi connectivity index (χ1) is 66.5. The van der Waals surface area contributed by atoms with E-state index in [1.807, 2.05) is 34.1 Å². The number of aryl methyl sites for hydroxylation is 8. The van der Waals surface area contributed by atoms with Crippen molar-refractivity contribution >= 4 is 67.2 Å². The molecule has 8 aromatic carbocycles. The van der Waals surface area contributed by atoms with Gasteiger partial charge in [0.2, 0.25) is 6.79 Å². The molecule has 24 heteroatoms. The van der Waals surface area contributed by atoms with Gasteiger partial charge in [-0.05, 0) is 296 Å². The van der Waals surface area contributed by atoms with E-state index in [2.05, 4.69) is 306 Å². The second-order valence-corrected chi connectivity index (χ2v) is 39.8. The quantitative estimate of drug-likeness (QED) is 0.0383. The molecule has 9 heterocycles. The van der Waals surface area contributed by atoms with Crippen LogP contribution in [0.3, 0.4) is 0 Å². The van der Waals surface area contributed by atoms with E-state index in [4.69, 9.17) is 14.2 Å². The van der Waals surface area contributed by atoms with Gasteiger partial charge in [0.1, 0.15) is 11.6 Å². The molecule has 5 aliphatic heterocycles. The molecule has 23 nitrogen and oxygen atoms in total. The van der Waals surface area contributed by atoms with Crippen molar-refractivity contribution in [3.63, 3.8) is 0 Å². The van der Waals surface area contributed by atoms with Gasteiger partial charge in [-0.25, -0.2) is 4.39 Å². The smallest absolute Gasteiger partial charge is 0.256 e. The SMILES string of the molecule is COc1cccc(CCN2CCN(C(=O)c3c(C)n(CCCN(C)C)c4ccc(C)cc34)CC2)c1.Cc1ccc2c(c1)c(C(=O)N1CCN(CCc3ccc4c(c3)OCO4)CC1)c(C)n2CCCN(C)C.Cc1ccc2c(c1)c(C(=O)N1CCN(CCc3cccc(F)c3)CC1)c(C)n2CCCN(C)C.Cc1ccc2c(c1)c(C(=O)N1CCN(CCc3ccccc3)CC1)c(C)n2CCCN(C)C. The Morgan fingerprint density at radius 2 is 0.594 bits per heavy atom. The summed E-state index contributed by atoms with van der Waals surface area (Å²) in [7, 11) is 18.5. The molecule has 4 amide bonds. The number of carbonyl (C=O) groups excluding carboxylic acids is 4. The molecule has 0 radical (unpaired) electrons. The van der Waals surface area contributed by atoms with Crippen LogP contribution in [-0.4, -0.2) is 328 Å². The highest BCUT2D eigenvalue weighted by Gasteiger charge is 2.34. The number of hydrogen-bond donors (Lipinski definition) is 0. The molecule has 738 valence electrons. The van der Waals surface area contributed by atoms with Crippen molar-refractivity contribution in [3.8, 4) is 17.2 Å². The highest BCUT2D eigenvalue weighted by molar-refractivity contribution is 6.11. The molecule has 0 N–H and O–H groups in total. The molecule has 17 rings (SSSR count). The Labute approximate surface area is 820 Å². The molecule has 0 bridgehead atoms. The van der Waals surface area contributed by atoms with Crippen LogP contribution in [0.25, 0.3) is 43.6 Å². The molecular weight excluding hydrogens is 1720 g/mol. The van der Waals surface area contributed by atoms with Crippen molar-refractivity contribution in [2.75, 3.05) is 227 Å². The average Bonchev–Trinajstić information content (AvgIpc) is 1.62. The molecule has 0 atom stereocenters. The highest BCUT2D eigenvalue weighted by Crippen LogP contribution is 2.37. The standard InChI is InChI=1S/C29H38N4O3.C29H40N4O2.C28H37FN4O.C28H38N4O/c1-21-6-8-25-24(18-21)28(22(2)33(25)12-5-11-30(3)4)29(34)32-16-14-31(15-17-32)13-10-23-7-9-26-27(19-23)36-20-35-26;1-22-10-11-27-26(20-22)28(23(2)33(27)14-7-13-30(3)4)29(34)32-18-16-31(17-19-32)15-12-24-8-6-9-25(21-24)35-5;1-21-9-10-26-25(19-21)27(22(2)33(26)13-6-12-30(3)4)28(34)32-17-15-31(16-18-32)14-11-23-7-5-8-24(29)20-23;1-22-11-12-26-25(21-22)27(23(2)32(26)15-8-14-29(3)4)28(33)31-19-17-30(18-20-31)16-13-24-9-6-5-7-10-24/h6-9,18-19H,5,10-17,20H2,1-4H3;6,8-11,20-21H,7,12-19H2,1-5H3;5,7-10,19-20H,6,11-18H2,1-4H3;5-7,9-12,21H,8,13-20H2,1-4H3. The van der Waals surface area contributed by atoms with E-state index < -0.39 is 0 Å². The number of benzene rings is 8. The summed E-state index contributed by atoms with van der Waals surface area (Å²) in [4.78, 5) is 81.8. The molecular formula is C114H153FN16O7. The van der Waals surface area contributed by atoms with Gasteiger partial charge in [0.25, 0.3) is 23.6 Å². The first-order valence-corrected chi connectivity index (χ1v) is 50.4. The van der Waals surface area contributed by atoms with Gasteiger partial charge in [0.15, 0.2) is 11.5 Å². The predicted octanol–water partition coefficient (Wildman–Crippen LogP) is 16.7. The van der Waals surface area contributed by atoms with Crippen LogP contribution < -0.4 is 14.2 Å². The summed E-state index contributed by atoms with van der Waals surface area (Å²) in [5.41, 5.74) is 22.3. The number of ether oxygens (including phenoxy) is 3. The summed E-state index contributed by atoms with van der Waals surface area (Å²) in [5, 5.41) is 4.36. The van der Waals surface area contributed by atoms with Crippen LogP contribution in [-0.2, 0) is 51.9 Å². The van der Waals surface area contributed by atoms with Gasteiger partial charge in [-0.1, -0.05) is 107 Å². The summed E-state index contributed by atoms with van der Waals surface area (Å²) in [6, 6.07) is 58.0. The van der Waals surface area contributed by atoms with Crippen molar-refractivity contribution in [1.29, 1.82) is 0 Å². The van der Waals surface area contributed by atoms with Crippen LogP contribution in [0.1, 0.15) is 134 Å². The van der Waals surface area contributed by atoms with E-state index in [0.717, 1.165) is 330 Å². The lowest BCUT2D eigenvalue weighted by molar-refractivity contribution is 0.0633. The number of nitrogens with zero attached hydrogens (tertiary/aromatic N) is 16. The minimum atomic E-state index is -0.181. The van der Waals surface area contributed by atoms with Gasteiger partial charge in [-0.3, -0.25) is 38.8 Å². The third kappa shape index (κ3) is 26.3. The van der Waals surface area contributed by atoms with Gasteiger partial charge >= 0.3 is 0 Å². The normalized spacial score (nSPS) is 15.1. The van der Waals surface area contributed by atoms with Crippen molar-refractivity contribution in [2.24, 2.45) is 0 Å². The second kappa shape index (κ2) is 48.6. The van der Waals surface area contributed by atoms with Crippen molar-refractivity contribution < 1.29 is 37.8 Å². The fourth-order valence-electron chi connectivity index (χ4n) is 20.5. The van der Waals surface area contributed by atoms with E-state index in [0.29, 0.717) is 6.79 Å². The van der Waals surface area contributed by atoms with Crippen LogP contribution in [0.4, 0.5) is 4.39 Å². The molecule has 4 aromatic heterocycles. The monoisotopic (exact) mass is 1880 g/mol. The van der Waals surface area contributed by atoms with E-state index in [-0.39, 0.29) is 29.4 Å². The fraction of sp³-hybridized carbons (Fsp3) is 0.474. The molecule has 4 fully saturated rings. The van der Waals surface area contributed by atoms with E-state index in [1.54, 1.807) is 19.2 Å². The van der Waals surface area contributed by atoms with E-state index >= 15 is 0 Å². The first-order valence-electron chi connectivity index (χ1n) is 50.4. The second-order valence-electron chi connectivity index (χ2n) is 39.8. The number of piperazine rings is 4. The lowest BCUT2D eigenvalue weighted by atomic mass is 10.1. The Hall–Kier alpha value is -11.2. The lowest BCUT2D eigenvalue weighted by Gasteiger charge is -2.35. The summed E-state index contributed by atoms with van der Waals surface area (Å²) >= 11 is 0. The number of carbonyl (C=O) groups is 4. The van der Waals surface area contributed by atoms with Gasteiger partial charge < -0.3 is 71.7 Å². The Kier molecular flexibility index (Phi) is 36.2. The van der Waals surface area contributed by atoms with Crippen molar-refractivity contribution in [3.05, 3.63) is 265 Å². The number of amides is 4. The van der Waals surface area contributed by atoms with Crippen LogP contribution in [0, 0.1) is 61.2 Å². The minimum Gasteiger partial charge on any atom is -0.497 e. The maximum absolute atomic E-state index is 13.8. The molecule has 12 aromatic rings. The summed E-state index contributed by atoms with van der Waals surface area (Å²) < 4.78 is 39.1. The van der Waals surface area contributed by atoms with Crippen molar-refractivity contribution in [1.82, 2.24) is 77.1 Å². The molecule has 4 saturated heterocycles. The predicted molar refractivity (Wildman–Crippen MR) is 561 cm³/mol. The highest BCUT2D eigenvalue weighted by atomic mass is 19.1. The number of hydrogen-bond acceptors (Lipinski definition) is 15. The Morgan fingerprint density at radius 3 is 0.906 bits per heavy atom. The number of aromatic nitrogens is 4. The Balaban J connectivity index is 0.000000147. The summed E-state index contributed by atoms with van der Waals surface area (Å²) in [6.45, 7) is 42.2. The minimum absolute atomic E-state index is 0.143. The Bertz CT molecular complexity index is 6090. The number of fused-ring (bicyclic) bond motifs is 5. The lowest BCUT2D eigenvalue weighted by Crippen LogP contribution is -2.49. The van der Waals surface area contributed by atoms with Gasteiger partial charge in [0.05, 0.1) is 29.4 Å². The summed E-state index contributed by atoms with van der Waals surface area (Å²) in [5.74, 6) is 3.08. The van der Waals surface area contributed by atoms with Crippen LogP contribution in [0.15, 0.2) is 170 Å². The average molecular weight is 1880 g/mol. The van der Waals surface area contributed by atoms with Crippen LogP contribution in [0.2, 0.25) is 0 Å². The largest absolute Gasteiger partial charge is 0.497 e. The first kappa shape index (κ1) is 103. The van der Waals surface area contributed by atoms with Crippen LogP contribution >= 0.6 is 0 Å². The molecule has 0 spiro atoms. The van der Waals surface area contributed by atoms with Crippen molar-refractivity contribution in [2.45, 2.75) is 133 Å². The zero-order valence-corrected chi connectivity index (χ0v) is 85.7. The number of methoxy groups -OCH3 is 1. The van der Waals surface area contributed by atoms with Crippen LogP contribution in [0.5, 0.6) is 17.2 Å². The fourth-order valence-corrected chi connectivity index (χ4v) is 20.5. The zero-order valence-electron chi connectivity index (χ0n) is 85.7. The summed E-state index contributed by atoms with van der Waals surface area (Å²) in [6.07, 6.45) is 8.07. The molecule has 5 aliphatic rings. The van der Waals surface area contributed by atoms with Gasteiger partial charge in [0, 0.05) is 223 Å². The van der Waals surface area contributed by atoms with Gasteiger partial charge in [-0.15, -0.1) is 0 Å². The molecule has 138 heavy (non-hydrogen) atoms. The molecule has 0 unspecified atom stereocenters. The topological polar surface area (TPSA) is 155 Å². The number of rotatable bonds is 33. The molecule has 0 aliphatic carbocycles. The van der Waals surface area contributed by atoms with E-state index in [1.165, 1.54) is 61.6 Å².